The first-order chi connectivity index (χ1) is 9.55. The summed E-state index contributed by atoms with van der Waals surface area (Å²) in [6.07, 6.45) is 3.56. The first kappa shape index (κ1) is 12.3. The van der Waals surface area contributed by atoms with Crippen molar-refractivity contribution >= 4 is 31.5 Å². The van der Waals surface area contributed by atoms with Gasteiger partial charge in [-0.25, -0.2) is 0 Å². The van der Waals surface area contributed by atoms with E-state index in [-0.39, 0.29) is 0 Å². The van der Waals surface area contributed by atoms with Gasteiger partial charge in [0, 0.05) is 21.2 Å². The molecule has 2 heterocycles. The molecule has 0 saturated carbocycles. The number of hydrogen-bond donors (Lipinski definition) is 0. The van der Waals surface area contributed by atoms with Gasteiger partial charge in [-0.3, -0.25) is 4.98 Å². The molecule has 0 N–H and O–H groups in total. The molecule has 2 aromatic heterocycles. The lowest BCUT2D eigenvalue weighted by Gasteiger charge is -2.31. The number of hydrogen-bond acceptors (Lipinski definition) is 2. The average molecular weight is 281 g/mol. The lowest BCUT2D eigenvalue weighted by Crippen LogP contribution is -2.23. The number of aromatic nitrogens is 1. The van der Waals surface area contributed by atoms with Crippen molar-refractivity contribution in [2.24, 2.45) is 5.41 Å². The van der Waals surface area contributed by atoms with E-state index in [1.807, 2.05) is 11.3 Å². The van der Waals surface area contributed by atoms with Crippen LogP contribution in [0.25, 0.3) is 20.2 Å². The van der Waals surface area contributed by atoms with Crippen LogP contribution in [-0.2, 0) is 12.8 Å². The maximum atomic E-state index is 4.94. The van der Waals surface area contributed by atoms with E-state index < -0.39 is 0 Å². The Morgan fingerprint density at radius 1 is 1.20 bits per heavy atom. The topological polar surface area (TPSA) is 12.9 Å². The van der Waals surface area contributed by atoms with E-state index in [9.17, 15) is 0 Å². The van der Waals surface area contributed by atoms with Gasteiger partial charge in [-0.1, -0.05) is 32.0 Å². The molecule has 1 aliphatic rings. The first-order valence-electron chi connectivity index (χ1n) is 7.35. The van der Waals surface area contributed by atoms with Gasteiger partial charge in [0.1, 0.15) is 0 Å². The summed E-state index contributed by atoms with van der Waals surface area (Å²) in [5, 5.41) is 2.91. The maximum Gasteiger partial charge on any atom is 0.0571 e. The molecule has 102 valence electrons. The molecule has 4 rings (SSSR count). The van der Waals surface area contributed by atoms with Crippen molar-refractivity contribution in [1.29, 1.82) is 0 Å². The molecule has 2 heteroatoms. The van der Waals surface area contributed by atoms with Crippen LogP contribution < -0.4 is 0 Å². The van der Waals surface area contributed by atoms with Crippen LogP contribution in [-0.4, -0.2) is 4.98 Å². The van der Waals surface area contributed by atoms with Gasteiger partial charge >= 0.3 is 0 Å². The number of rotatable bonds is 0. The van der Waals surface area contributed by atoms with Gasteiger partial charge < -0.3 is 0 Å². The van der Waals surface area contributed by atoms with E-state index in [1.165, 1.54) is 50.0 Å². The Hall–Kier alpha value is -1.41. The Kier molecular flexibility index (Phi) is 2.50. The minimum Gasteiger partial charge on any atom is -0.256 e. The average Bonchev–Trinajstić information content (AvgIpc) is 2.78. The first-order valence-corrected chi connectivity index (χ1v) is 8.16. The fourth-order valence-corrected chi connectivity index (χ4v) is 4.66. The Bertz CT molecular complexity index is 826. The number of aryl methyl sites for hydroxylation is 2. The highest BCUT2D eigenvalue weighted by atomic mass is 32.1. The molecule has 1 aromatic carbocycles. The van der Waals surface area contributed by atoms with E-state index in [1.54, 1.807) is 0 Å². The molecule has 0 unspecified atom stereocenters. The summed E-state index contributed by atoms with van der Waals surface area (Å²) in [6, 6.07) is 8.80. The zero-order chi connectivity index (χ0) is 13.9. The van der Waals surface area contributed by atoms with Gasteiger partial charge in [0.2, 0.25) is 0 Å². The second-order valence-corrected chi connectivity index (χ2v) is 7.82. The summed E-state index contributed by atoms with van der Waals surface area (Å²) < 4.78 is 2.79. The number of thiophene rings is 1. The smallest absolute Gasteiger partial charge is 0.0571 e. The Morgan fingerprint density at radius 2 is 2.00 bits per heavy atom. The third-order valence-electron chi connectivity index (χ3n) is 4.57. The third-order valence-corrected chi connectivity index (χ3v) is 5.85. The predicted octanol–water partition coefficient (Wildman–Crippen LogP) is 5.27. The zero-order valence-corrected chi connectivity index (χ0v) is 13.1. The molecule has 3 aromatic rings. The van der Waals surface area contributed by atoms with E-state index in [2.05, 4.69) is 45.0 Å². The molecule has 0 atom stereocenters. The van der Waals surface area contributed by atoms with Crippen molar-refractivity contribution in [3.05, 3.63) is 41.2 Å². The lowest BCUT2D eigenvalue weighted by atomic mass is 9.75. The minimum atomic E-state index is 0.395. The van der Waals surface area contributed by atoms with Gasteiger partial charge in [-0.05, 0) is 43.2 Å². The van der Waals surface area contributed by atoms with Gasteiger partial charge in [-0.2, -0.15) is 0 Å². The summed E-state index contributed by atoms with van der Waals surface area (Å²) in [4.78, 5) is 4.94. The number of nitrogens with zero attached hydrogens (tertiary/aromatic N) is 1. The van der Waals surface area contributed by atoms with Crippen LogP contribution in [0.2, 0.25) is 0 Å². The fourth-order valence-electron chi connectivity index (χ4n) is 3.49. The van der Waals surface area contributed by atoms with E-state index in [0.717, 1.165) is 6.42 Å². The van der Waals surface area contributed by atoms with Crippen LogP contribution in [0.4, 0.5) is 0 Å². The Morgan fingerprint density at radius 3 is 2.85 bits per heavy atom. The van der Waals surface area contributed by atoms with E-state index >= 15 is 0 Å². The summed E-state index contributed by atoms with van der Waals surface area (Å²) >= 11 is 1.90. The fraction of sp³-hybridized carbons (Fsp3) is 0.389. The molecule has 0 saturated heterocycles. The van der Waals surface area contributed by atoms with Crippen molar-refractivity contribution < 1.29 is 0 Å². The standard InChI is InChI=1S/C18H19NS/c1-11-17-16(13-6-4-5-7-15(13)20-17)12-8-9-18(2,3)10-14(12)19-11/h4-7H,8-10H2,1-3H3. The van der Waals surface area contributed by atoms with Crippen molar-refractivity contribution in [1.82, 2.24) is 4.98 Å². The quantitative estimate of drug-likeness (QED) is 0.547. The molecular formula is C18H19NS. The number of fused-ring (bicyclic) bond motifs is 5. The number of benzene rings is 1. The molecular weight excluding hydrogens is 262 g/mol. The highest BCUT2D eigenvalue weighted by Crippen LogP contribution is 2.43. The Balaban J connectivity index is 2.12. The zero-order valence-electron chi connectivity index (χ0n) is 12.3. The van der Waals surface area contributed by atoms with Crippen molar-refractivity contribution in [3.63, 3.8) is 0 Å². The summed E-state index contributed by atoms with van der Waals surface area (Å²) in [5.74, 6) is 0. The molecule has 0 spiro atoms. The molecule has 1 nitrogen and oxygen atoms in total. The highest BCUT2D eigenvalue weighted by molar-refractivity contribution is 7.26. The van der Waals surface area contributed by atoms with Gasteiger partial charge in [0.15, 0.2) is 0 Å². The third kappa shape index (κ3) is 1.71. The summed E-state index contributed by atoms with van der Waals surface area (Å²) in [7, 11) is 0. The van der Waals surface area contributed by atoms with Gasteiger partial charge in [0.05, 0.1) is 10.4 Å². The normalized spacial score (nSPS) is 17.6. The van der Waals surface area contributed by atoms with E-state index in [4.69, 9.17) is 4.98 Å². The predicted molar refractivity (Wildman–Crippen MR) is 87.7 cm³/mol. The number of pyridine rings is 1. The Labute approximate surface area is 123 Å². The molecule has 0 aliphatic heterocycles. The molecule has 20 heavy (non-hydrogen) atoms. The SMILES string of the molecule is Cc1nc2c(c3c1sc1ccccc13)CCC(C)(C)C2. The van der Waals surface area contributed by atoms with Crippen LogP contribution >= 0.6 is 11.3 Å². The summed E-state index contributed by atoms with van der Waals surface area (Å²) in [6.45, 7) is 6.89. The molecule has 0 radical (unpaired) electrons. The van der Waals surface area contributed by atoms with Crippen molar-refractivity contribution in [2.75, 3.05) is 0 Å². The van der Waals surface area contributed by atoms with Crippen LogP contribution in [0.15, 0.2) is 24.3 Å². The minimum absolute atomic E-state index is 0.395. The van der Waals surface area contributed by atoms with Crippen molar-refractivity contribution in [3.8, 4) is 0 Å². The van der Waals surface area contributed by atoms with Crippen LogP contribution in [0.5, 0.6) is 0 Å². The van der Waals surface area contributed by atoms with Gasteiger partial charge in [0.25, 0.3) is 0 Å². The van der Waals surface area contributed by atoms with E-state index in [0.29, 0.717) is 5.41 Å². The van der Waals surface area contributed by atoms with Crippen LogP contribution in [0, 0.1) is 12.3 Å². The van der Waals surface area contributed by atoms with Crippen LogP contribution in [0.1, 0.15) is 37.2 Å². The molecule has 0 fully saturated rings. The van der Waals surface area contributed by atoms with Crippen LogP contribution in [0.3, 0.4) is 0 Å². The molecule has 1 aliphatic carbocycles. The maximum absolute atomic E-state index is 4.94. The highest BCUT2D eigenvalue weighted by Gasteiger charge is 2.28. The molecule has 0 amide bonds. The second kappa shape index (κ2) is 4.05. The van der Waals surface area contributed by atoms with Gasteiger partial charge in [-0.15, -0.1) is 11.3 Å². The largest absolute Gasteiger partial charge is 0.256 e. The summed E-state index contributed by atoms with van der Waals surface area (Å²) in [5.41, 5.74) is 4.46. The lowest BCUT2D eigenvalue weighted by molar-refractivity contribution is 0.311. The second-order valence-electron chi connectivity index (χ2n) is 6.77. The van der Waals surface area contributed by atoms with Crippen molar-refractivity contribution in [2.45, 2.75) is 40.0 Å². The monoisotopic (exact) mass is 281 g/mol. The molecule has 0 bridgehead atoms.